The number of carbonyl (C=O) groups is 1. The Labute approximate surface area is 94.4 Å². The van der Waals surface area contributed by atoms with Gasteiger partial charge >= 0.3 is 0 Å². The van der Waals surface area contributed by atoms with Crippen molar-refractivity contribution in [3.05, 3.63) is 20.2 Å². The van der Waals surface area contributed by atoms with E-state index in [4.69, 9.17) is 4.74 Å². The van der Waals surface area contributed by atoms with E-state index >= 15 is 0 Å². The highest BCUT2D eigenvalue weighted by Crippen LogP contribution is 1.95. The van der Waals surface area contributed by atoms with Gasteiger partial charge in [0.1, 0.15) is 25.9 Å². The predicted molar refractivity (Wildman–Crippen MR) is 47.6 cm³/mol. The first-order valence-electron chi connectivity index (χ1n) is 4.27. The summed E-state index contributed by atoms with van der Waals surface area (Å²) in [6.07, 6.45) is -0.902. The van der Waals surface area contributed by atoms with Crippen LogP contribution in [0.1, 0.15) is 0 Å². The van der Waals surface area contributed by atoms with Gasteiger partial charge in [-0.3, -0.25) is 4.79 Å². The van der Waals surface area contributed by atoms with Crippen molar-refractivity contribution in [3.8, 4) is 0 Å². The second-order valence-corrected chi connectivity index (χ2v) is 2.50. The van der Waals surface area contributed by atoms with Gasteiger partial charge in [0, 0.05) is 0 Å². The van der Waals surface area contributed by atoms with Gasteiger partial charge < -0.3 is 19.1 Å². The van der Waals surface area contributed by atoms with E-state index in [-0.39, 0.29) is 26.3 Å². The van der Waals surface area contributed by atoms with Crippen LogP contribution in [0.5, 0.6) is 0 Å². The molecule has 0 radical (unpaired) electrons. The fraction of sp³-hybridized carbons (Fsp3) is 0.833. The predicted octanol–water partition coefficient (Wildman–Crippen LogP) is -1.04. The molecule has 0 aromatic heterocycles. The lowest BCUT2D eigenvalue weighted by molar-refractivity contribution is -0.760. The molecule has 0 heterocycles. The number of rotatable bonds is 11. The molecule has 0 N–H and O–H groups in total. The van der Waals surface area contributed by atoms with E-state index in [1.54, 1.807) is 0 Å². The van der Waals surface area contributed by atoms with Crippen LogP contribution in [0, 0.1) is 20.2 Å². The molecule has 98 valence electrons. The minimum absolute atomic E-state index is 0.135. The van der Waals surface area contributed by atoms with Crippen LogP contribution in [0.25, 0.3) is 0 Å². The molecular weight excluding hydrogens is 244 g/mol. The third-order valence-corrected chi connectivity index (χ3v) is 1.35. The van der Waals surface area contributed by atoms with Crippen LogP contribution in [-0.2, 0) is 23.9 Å². The maximum absolute atomic E-state index is 9.90. The minimum Gasteiger partial charge on any atom is -0.465 e. The van der Waals surface area contributed by atoms with E-state index in [0.717, 1.165) is 0 Å². The molecule has 0 aliphatic rings. The Kier molecular flexibility index (Phi) is 7.93. The van der Waals surface area contributed by atoms with Gasteiger partial charge in [-0.05, 0) is 0 Å². The van der Waals surface area contributed by atoms with Crippen LogP contribution in [-0.4, -0.2) is 49.2 Å². The summed E-state index contributed by atoms with van der Waals surface area (Å²) in [5.74, 6) is 0. The molecule has 11 nitrogen and oxygen atoms in total. The van der Waals surface area contributed by atoms with Crippen LogP contribution in [0.3, 0.4) is 0 Å². The third-order valence-electron chi connectivity index (χ3n) is 1.35. The summed E-state index contributed by atoms with van der Waals surface area (Å²) in [6, 6.07) is 0. The summed E-state index contributed by atoms with van der Waals surface area (Å²) >= 11 is 0. The van der Waals surface area contributed by atoms with E-state index in [0.29, 0.717) is 0 Å². The van der Waals surface area contributed by atoms with Gasteiger partial charge in [0.15, 0.2) is 0 Å². The van der Waals surface area contributed by atoms with Gasteiger partial charge in [-0.15, -0.1) is 20.2 Å². The Hall–Kier alpha value is -2.17. The number of hydrogen-bond donors (Lipinski definition) is 0. The van der Waals surface area contributed by atoms with E-state index in [2.05, 4.69) is 14.4 Å². The molecule has 1 atom stereocenters. The van der Waals surface area contributed by atoms with Crippen molar-refractivity contribution in [2.45, 2.75) is 6.10 Å². The average Bonchev–Trinajstić information content (AvgIpc) is 2.26. The van der Waals surface area contributed by atoms with Gasteiger partial charge in [0.05, 0.1) is 6.61 Å². The Morgan fingerprint density at radius 3 is 2.24 bits per heavy atom. The van der Waals surface area contributed by atoms with Crippen molar-refractivity contribution in [2.24, 2.45) is 0 Å². The first-order valence-corrected chi connectivity index (χ1v) is 4.27. The molecule has 0 saturated carbocycles. The van der Waals surface area contributed by atoms with Crippen LogP contribution < -0.4 is 0 Å². The lowest BCUT2D eigenvalue weighted by Crippen LogP contribution is -2.28. The molecule has 0 aromatic carbocycles. The molecule has 11 heteroatoms. The third kappa shape index (κ3) is 10.1. The number of ether oxygens (including phenoxy) is 2. The molecule has 0 fully saturated rings. The lowest BCUT2D eigenvalue weighted by Gasteiger charge is -2.14. The standard InChI is InChI=1S/C6H10N2O9/c9-5-14-3-6(4-17-8(12)13)15-1-2-16-7(10)11/h5-6H,1-4H2. The molecule has 0 aliphatic carbocycles. The average molecular weight is 254 g/mol. The lowest BCUT2D eigenvalue weighted by atomic mass is 10.4. The SMILES string of the molecule is O=COCC(CO[N+](=O)[O-])OCCO[N+](=O)[O-]. The second kappa shape index (κ2) is 9.08. The van der Waals surface area contributed by atoms with Crippen LogP contribution in [0.15, 0.2) is 0 Å². The highest BCUT2D eigenvalue weighted by molar-refractivity contribution is 5.36. The zero-order valence-corrected chi connectivity index (χ0v) is 8.55. The Morgan fingerprint density at radius 1 is 1.06 bits per heavy atom. The van der Waals surface area contributed by atoms with Crippen molar-refractivity contribution in [3.63, 3.8) is 0 Å². The van der Waals surface area contributed by atoms with Crippen molar-refractivity contribution in [2.75, 3.05) is 26.4 Å². The van der Waals surface area contributed by atoms with E-state index in [9.17, 15) is 25.0 Å². The fourth-order valence-electron chi connectivity index (χ4n) is 0.762. The molecule has 0 bridgehead atoms. The second-order valence-electron chi connectivity index (χ2n) is 2.50. The molecule has 0 rings (SSSR count). The maximum atomic E-state index is 9.90. The maximum Gasteiger partial charge on any atom is 0.294 e. The topological polar surface area (TPSA) is 140 Å². The first-order chi connectivity index (χ1) is 8.06. The highest BCUT2D eigenvalue weighted by atomic mass is 17.0. The molecule has 0 spiro atoms. The normalized spacial score (nSPS) is 11.3. The van der Waals surface area contributed by atoms with Crippen molar-refractivity contribution in [1.82, 2.24) is 0 Å². The number of hydrogen-bond acceptors (Lipinski definition) is 9. The first kappa shape index (κ1) is 14.8. The monoisotopic (exact) mass is 254 g/mol. The smallest absolute Gasteiger partial charge is 0.294 e. The molecule has 1 unspecified atom stereocenters. The van der Waals surface area contributed by atoms with Crippen LogP contribution in [0.2, 0.25) is 0 Å². The molecule has 0 aromatic rings. The number of carbonyl (C=O) groups excluding carboxylic acids is 1. The van der Waals surface area contributed by atoms with Gasteiger partial charge in [0.25, 0.3) is 16.6 Å². The quantitative estimate of drug-likeness (QED) is 0.195. The van der Waals surface area contributed by atoms with Gasteiger partial charge in [0.2, 0.25) is 0 Å². The van der Waals surface area contributed by atoms with Crippen molar-refractivity contribution < 1.29 is 34.1 Å². The summed E-state index contributed by atoms with van der Waals surface area (Å²) < 4.78 is 9.23. The summed E-state index contributed by atoms with van der Waals surface area (Å²) in [5, 5.41) is 17.6. The minimum atomic E-state index is -1.04. The molecular formula is C6H10N2O9. The Balaban J connectivity index is 3.79. The van der Waals surface area contributed by atoms with Gasteiger partial charge in [-0.25, -0.2) is 0 Å². The Morgan fingerprint density at radius 2 is 1.71 bits per heavy atom. The molecule has 0 aliphatic heterocycles. The highest BCUT2D eigenvalue weighted by Gasteiger charge is 2.12. The largest absolute Gasteiger partial charge is 0.465 e. The zero-order chi connectivity index (χ0) is 13.1. The summed E-state index contributed by atoms with van der Waals surface area (Å²) in [6.45, 7) is -1.14. The Bertz CT molecular complexity index is 258. The van der Waals surface area contributed by atoms with E-state index in [1.165, 1.54) is 0 Å². The van der Waals surface area contributed by atoms with Crippen molar-refractivity contribution >= 4 is 6.47 Å². The molecule has 0 amide bonds. The van der Waals surface area contributed by atoms with Crippen molar-refractivity contribution in [1.29, 1.82) is 0 Å². The van der Waals surface area contributed by atoms with E-state index < -0.39 is 22.9 Å². The molecule has 0 saturated heterocycles. The summed E-state index contributed by atoms with van der Waals surface area (Å²) in [7, 11) is 0. The van der Waals surface area contributed by atoms with Gasteiger partial charge in [-0.2, -0.15) is 0 Å². The summed E-state index contributed by atoms with van der Waals surface area (Å²) in [5.41, 5.74) is 0. The van der Waals surface area contributed by atoms with Crippen LogP contribution in [0.4, 0.5) is 0 Å². The fourth-order valence-corrected chi connectivity index (χ4v) is 0.762. The summed E-state index contributed by atoms with van der Waals surface area (Å²) in [4.78, 5) is 37.5. The van der Waals surface area contributed by atoms with E-state index in [1.807, 2.05) is 0 Å². The number of nitrogens with zero attached hydrogens (tertiary/aromatic N) is 2. The van der Waals surface area contributed by atoms with Gasteiger partial charge in [-0.1, -0.05) is 0 Å². The molecule has 17 heavy (non-hydrogen) atoms. The zero-order valence-electron chi connectivity index (χ0n) is 8.55. The van der Waals surface area contributed by atoms with Crippen LogP contribution >= 0.6 is 0 Å².